The number of carbonyl (C=O) groups excluding carboxylic acids is 1. The summed E-state index contributed by atoms with van der Waals surface area (Å²) in [6, 6.07) is 0. The Labute approximate surface area is 352 Å². The average Bonchev–Trinajstić information content (AvgIpc) is 4.17. The largest absolute Gasteiger partial charge is 0.469 e. The number of hydrogen-bond donors (Lipinski definition) is 0. The molecule has 1 saturated carbocycles. The zero-order valence-electron chi connectivity index (χ0n) is 33.0. The third-order valence-corrected chi connectivity index (χ3v) is 25.2. The molecular formula is C63H6O2. The van der Waals surface area contributed by atoms with E-state index in [1.807, 2.05) is 0 Å². The molecule has 1 fully saturated rings. The van der Waals surface area contributed by atoms with E-state index in [9.17, 15) is 0 Å². The van der Waals surface area contributed by atoms with Crippen molar-refractivity contribution in [3.63, 3.8) is 0 Å². The summed E-state index contributed by atoms with van der Waals surface area (Å²) in [7, 11) is 1.72. The Balaban J connectivity index is 1.24. The second-order valence-electron chi connectivity index (χ2n) is 24.7. The Morgan fingerprint density at radius 1 is 0.262 bits per heavy atom. The van der Waals surface area contributed by atoms with Crippen molar-refractivity contribution in [2.75, 3.05) is 7.11 Å². The molecule has 7 aliphatic carbocycles. The van der Waals surface area contributed by atoms with Crippen LogP contribution in [0.4, 0.5) is 0 Å². The van der Waals surface area contributed by atoms with E-state index in [0.29, 0.717) is 0 Å². The number of esters is 1. The molecule has 0 heterocycles. The summed E-state index contributed by atoms with van der Waals surface area (Å²) in [6.45, 7) is 0. The zero-order valence-corrected chi connectivity index (χ0v) is 33.0. The summed E-state index contributed by atoms with van der Waals surface area (Å²) in [4.78, 5) is 15.7. The van der Waals surface area contributed by atoms with Crippen molar-refractivity contribution in [3.05, 3.63) is 33.4 Å². The van der Waals surface area contributed by atoms with Gasteiger partial charge in [0.2, 0.25) is 0 Å². The highest BCUT2D eigenvalue weighted by molar-refractivity contribution is 6.80. The summed E-state index contributed by atoms with van der Waals surface area (Å²) in [5.74, 6) is 0.169. The summed E-state index contributed by atoms with van der Waals surface area (Å²) in [6.07, 6.45) is 0. The summed E-state index contributed by atoms with van der Waals surface area (Å²) in [5, 5.41) is 81.0. The Morgan fingerprint density at radius 2 is 0.415 bits per heavy atom. The molecule has 7 aliphatic rings. The molecule has 2 spiro atoms. The van der Waals surface area contributed by atoms with Crippen LogP contribution in [-0.2, 0) is 20.4 Å². The second-order valence-corrected chi connectivity index (χ2v) is 24.7. The molecule has 0 aromatic heterocycles. The predicted molar refractivity (Wildman–Crippen MR) is 266 cm³/mol. The third-order valence-electron chi connectivity index (χ3n) is 25.2. The van der Waals surface area contributed by atoms with E-state index >= 15 is 4.79 Å². The number of carbonyl (C=O) groups is 1. The standard InChI is InChI=1S/C63H6O2/c1-65-61(64)60-62-56-48-40-30-20-12-4-2-3-6-10-8(4)16-24-18(10)28-22-14(6)15-7(3)11-9-5(2)13(12)21-27-17(9)25-19(11)29-23(15)33-32(22)42-36(28)46-38(24)44(34(40)26(16)20)52(56)54(46)58-50(42)51-43(33)37(29)47-39(25)45-35(27)41(31(21)30)49(48)57(62)53(45)55(47)59(51)63(58,60)62/h56,59-60H,1H3. The minimum atomic E-state index is -0.360. The van der Waals surface area contributed by atoms with Crippen molar-refractivity contribution in [3.8, 4) is 0 Å². The van der Waals surface area contributed by atoms with Gasteiger partial charge in [-0.2, -0.15) is 0 Å². The van der Waals surface area contributed by atoms with Crippen LogP contribution < -0.4 is 0 Å². The van der Waals surface area contributed by atoms with Crippen LogP contribution in [0.15, 0.2) is 0 Å². The van der Waals surface area contributed by atoms with Crippen molar-refractivity contribution in [1.29, 1.82) is 0 Å². The van der Waals surface area contributed by atoms with Crippen LogP contribution >= 0.6 is 0 Å². The van der Waals surface area contributed by atoms with Crippen LogP contribution in [0.2, 0.25) is 0 Å². The fraction of sp³-hybridized carbons (Fsp3) is 0.0952. The fourth-order valence-electron chi connectivity index (χ4n) is 25.6. The van der Waals surface area contributed by atoms with Gasteiger partial charge in [-0.1, -0.05) is 0 Å². The first-order valence-corrected chi connectivity index (χ1v) is 24.4. The molecule has 33 rings (SSSR count). The minimum absolute atomic E-state index is 0.0556. The van der Waals surface area contributed by atoms with Crippen LogP contribution in [0.25, 0.3) is 269 Å². The van der Waals surface area contributed by atoms with E-state index in [0.717, 1.165) is 0 Å². The number of ether oxygens (including phenoxy) is 1. The molecule has 0 aliphatic heterocycles. The van der Waals surface area contributed by atoms with Crippen molar-refractivity contribution < 1.29 is 9.53 Å². The maximum atomic E-state index is 15.7. The smallest absolute Gasteiger partial charge is 0.310 e. The summed E-state index contributed by atoms with van der Waals surface area (Å²) >= 11 is 0. The van der Waals surface area contributed by atoms with Gasteiger partial charge < -0.3 is 4.74 Å². The summed E-state index contributed by atoms with van der Waals surface area (Å²) in [5.41, 5.74) is 9.11. The molecule has 26 aromatic rings. The zero-order chi connectivity index (χ0) is 38.3. The molecule has 65 heavy (non-hydrogen) atoms. The van der Waals surface area contributed by atoms with Crippen molar-refractivity contribution in [1.82, 2.24) is 0 Å². The number of hydrogen-bond acceptors (Lipinski definition) is 2. The quantitative estimate of drug-likeness (QED) is 0.122. The monoisotopic (exact) mass is 794 g/mol. The van der Waals surface area contributed by atoms with E-state index in [-0.39, 0.29) is 34.6 Å². The normalized spacial score (nSPS) is 26.9. The lowest BCUT2D eigenvalue weighted by molar-refractivity contribution is -0.143. The van der Waals surface area contributed by atoms with Gasteiger partial charge in [-0.3, -0.25) is 4.79 Å². The van der Waals surface area contributed by atoms with Gasteiger partial charge in [-0.25, -0.2) is 0 Å². The predicted octanol–water partition coefficient (Wildman–Crippen LogP) is 15.7. The summed E-state index contributed by atoms with van der Waals surface area (Å²) < 4.78 is 6.30. The van der Waals surface area contributed by atoms with Crippen LogP contribution in [0.1, 0.15) is 45.2 Å². The first kappa shape index (κ1) is 23.2. The number of rotatable bonds is 1. The molecule has 0 saturated heterocycles. The maximum absolute atomic E-state index is 15.7. The molecule has 26 aromatic carbocycles. The first-order chi connectivity index (χ1) is 32.3. The SMILES string of the molecule is COC(=O)C1C23c4c5c6c7c8c9c%10c%11c(c%12c%13c%14c%15c%16c(c4c4c%17c5c7c5c7c8c8c9c9c%11c%11c%12c%14c%12c%14c%15c%15c%16c4c4c%17c5c5c7c7c8c8c9c%11c%12c9c%14c%11c%15c4c5c%11c7c89)C%132)C13C6%10. The molecule has 0 radical (unpaired) electrons. The van der Waals surface area contributed by atoms with Gasteiger partial charge in [-0.05, 0) is 303 Å². The topological polar surface area (TPSA) is 26.3 Å². The van der Waals surface area contributed by atoms with Crippen molar-refractivity contribution in [2.24, 2.45) is 5.92 Å². The molecule has 4 atom stereocenters. The molecule has 0 bridgehead atoms. The third kappa shape index (κ3) is 1.14. The van der Waals surface area contributed by atoms with Crippen LogP contribution in [0.3, 0.4) is 0 Å². The number of benzene rings is 16. The minimum Gasteiger partial charge on any atom is -0.469 e. The van der Waals surface area contributed by atoms with Crippen LogP contribution in [0.5, 0.6) is 0 Å². The fourth-order valence-corrected chi connectivity index (χ4v) is 25.6. The first-order valence-electron chi connectivity index (χ1n) is 24.4. The highest BCUT2D eigenvalue weighted by atomic mass is 16.5. The lowest BCUT2D eigenvalue weighted by Gasteiger charge is -2.41. The van der Waals surface area contributed by atoms with Gasteiger partial charge in [0.05, 0.1) is 13.0 Å². The van der Waals surface area contributed by atoms with Gasteiger partial charge in [0.25, 0.3) is 0 Å². The highest BCUT2D eigenvalue weighted by Crippen LogP contribution is 2.96. The molecule has 270 valence electrons. The molecule has 2 nitrogen and oxygen atoms in total. The van der Waals surface area contributed by atoms with Crippen LogP contribution in [-0.4, -0.2) is 13.1 Å². The van der Waals surface area contributed by atoms with E-state index in [4.69, 9.17) is 4.74 Å². The average molecular weight is 795 g/mol. The molecule has 0 N–H and O–H groups in total. The van der Waals surface area contributed by atoms with Gasteiger partial charge in [0.15, 0.2) is 0 Å². The van der Waals surface area contributed by atoms with E-state index in [1.165, 1.54) is 0 Å². The Hall–Kier alpha value is -7.81. The molecule has 2 heteroatoms. The lowest BCUT2D eigenvalue weighted by atomic mass is 9.60. The Morgan fingerprint density at radius 3 is 0.600 bits per heavy atom. The van der Waals surface area contributed by atoms with Crippen LogP contribution in [0, 0.1) is 5.92 Å². The lowest BCUT2D eigenvalue weighted by Crippen LogP contribution is -2.35. The number of methoxy groups -OCH3 is 1. The molecular weight excluding hydrogens is 789 g/mol. The Bertz CT molecular complexity index is 6680. The van der Waals surface area contributed by atoms with Gasteiger partial charge in [0.1, 0.15) is 0 Å². The van der Waals surface area contributed by atoms with E-state index < -0.39 is 0 Å². The molecule has 4 unspecified atom stereocenters. The highest BCUT2D eigenvalue weighted by Gasteiger charge is 2.93. The van der Waals surface area contributed by atoms with Crippen molar-refractivity contribution >= 4 is 275 Å². The van der Waals surface area contributed by atoms with Gasteiger partial charge in [-0.15, -0.1) is 0 Å². The molecule has 0 amide bonds. The van der Waals surface area contributed by atoms with E-state index in [2.05, 4.69) is 0 Å². The second kappa shape index (κ2) is 4.99. The van der Waals surface area contributed by atoms with Crippen molar-refractivity contribution in [2.45, 2.75) is 22.7 Å². The van der Waals surface area contributed by atoms with E-state index in [1.54, 1.807) is 310 Å². The Kier molecular flexibility index (Phi) is 1.78. The maximum Gasteiger partial charge on any atom is 0.310 e. The van der Waals surface area contributed by atoms with Gasteiger partial charge >= 0.3 is 5.97 Å². The van der Waals surface area contributed by atoms with Gasteiger partial charge in [0, 0.05) is 22.7 Å².